The van der Waals surface area contributed by atoms with Crippen LogP contribution < -0.4 is 0 Å². The van der Waals surface area contributed by atoms with Crippen LogP contribution in [0.15, 0.2) is 23.7 Å². The molecule has 0 aliphatic rings. The van der Waals surface area contributed by atoms with Crippen LogP contribution in [0.25, 0.3) is 10.6 Å². The molecule has 2 rings (SSSR count). The van der Waals surface area contributed by atoms with Crippen LogP contribution in [0, 0.1) is 0 Å². The molecule has 110 valence electrons. The van der Waals surface area contributed by atoms with Crippen LogP contribution in [0.1, 0.15) is 26.3 Å². The van der Waals surface area contributed by atoms with Gasteiger partial charge in [-0.05, 0) is 31.8 Å². The highest BCUT2D eigenvalue weighted by Crippen LogP contribution is 2.27. The van der Waals surface area contributed by atoms with Gasteiger partial charge in [0, 0.05) is 31.9 Å². The smallest absolute Gasteiger partial charge is 0.107 e. The second kappa shape index (κ2) is 6.08. The Morgan fingerprint density at radius 3 is 2.75 bits per heavy atom. The van der Waals surface area contributed by atoms with E-state index < -0.39 is 5.60 Å². The highest BCUT2D eigenvalue weighted by molar-refractivity contribution is 7.13. The van der Waals surface area contributed by atoms with Gasteiger partial charge in [-0.2, -0.15) is 5.10 Å². The molecule has 4 nitrogen and oxygen atoms in total. The molecule has 0 radical (unpaired) electrons. The van der Waals surface area contributed by atoms with E-state index in [1.165, 1.54) is 10.4 Å². The second-order valence-electron chi connectivity index (χ2n) is 5.77. The zero-order valence-electron chi connectivity index (χ0n) is 12.6. The first-order valence-electron chi connectivity index (χ1n) is 6.90. The van der Waals surface area contributed by atoms with Crippen molar-refractivity contribution >= 4 is 11.3 Å². The van der Waals surface area contributed by atoms with E-state index in [1.54, 1.807) is 11.3 Å². The Labute approximate surface area is 124 Å². The fourth-order valence-corrected chi connectivity index (χ4v) is 3.09. The van der Waals surface area contributed by atoms with Crippen molar-refractivity contribution in [3.8, 4) is 10.6 Å². The third-order valence-electron chi connectivity index (χ3n) is 3.11. The van der Waals surface area contributed by atoms with Crippen molar-refractivity contribution in [2.24, 2.45) is 7.05 Å². The van der Waals surface area contributed by atoms with E-state index in [0.717, 1.165) is 18.8 Å². The lowest BCUT2D eigenvalue weighted by Crippen LogP contribution is -2.38. The molecule has 2 aromatic rings. The number of hydrogen-bond donors (Lipinski definition) is 1. The summed E-state index contributed by atoms with van der Waals surface area (Å²) in [6.45, 7) is 8.18. The molecule has 1 N–H and O–H groups in total. The highest BCUT2D eigenvalue weighted by Gasteiger charge is 2.20. The summed E-state index contributed by atoms with van der Waals surface area (Å²) in [6.07, 6.45) is 2.07. The summed E-state index contributed by atoms with van der Waals surface area (Å²) in [5.41, 5.74) is 1.58. The van der Waals surface area contributed by atoms with Crippen LogP contribution >= 0.6 is 11.3 Å². The number of likely N-dealkylation sites (N-methyl/N-ethyl adjacent to an activating group) is 1. The largest absolute Gasteiger partial charge is 0.389 e. The molecule has 0 aliphatic heterocycles. The second-order valence-corrected chi connectivity index (χ2v) is 6.72. The fraction of sp³-hybridized carbons (Fsp3) is 0.533. The van der Waals surface area contributed by atoms with Gasteiger partial charge in [-0.3, -0.25) is 9.58 Å². The average Bonchev–Trinajstić information content (AvgIpc) is 2.95. The molecule has 0 unspecified atom stereocenters. The van der Waals surface area contributed by atoms with Gasteiger partial charge in [0.25, 0.3) is 0 Å². The topological polar surface area (TPSA) is 41.3 Å². The van der Waals surface area contributed by atoms with Gasteiger partial charge in [-0.15, -0.1) is 11.3 Å². The molecular formula is C15H23N3OS. The molecule has 20 heavy (non-hydrogen) atoms. The summed E-state index contributed by atoms with van der Waals surface area (Å²) < 4.78 is 1.86. The average molecular weight is 293 g/mol. The van der Waals surface area contributed by atoms with Crippen LogP contribution in [0.5, 0.6) is 0 Å². The quantitative estimate of drug-likeness (QED) is 0.890. The molecule has 0 saturated heterocycles. The molecular weight excluding hydrogens is 270 g/mol. The zero-order chi connectivity index (χ0) is 14.8. The number of thiophene rings is 1. The number of hydrogen-bond acceptors (Lipinski definition) is 4. The Morgan fingerprint density at radius 2 is 2.20 bits per heavy atom. The number of aliphatic hydroxyl groups is 1. The first-order valence-corrected chi connectivity index (χ1v) is 7.78. The van der Waals surface area contributed by atoms with Gasteiger partial charge in [0.05, 0.1) is 10.5 Å². The van der Waals surface area contributed by atoms with Gasteiger partial charge in [0.15, 0.2) is 0 Å². The van der Waals surface area contributed by atoms with Crippen molar-refractivity contribution in [2.45, 2.75) is 32.9 Å². The Bertz CT molecular complexity index is 540. The minimum Gasteiger partial charge on any atom is -0.389 e. The van der Waals surface area contributed by atoms with Gasteiger partial charge in [0.2, 0.25) is 0 Å². The monoisotopic (exact) mass is 293 g/mol. The molecule has 5 heteroatoms. The molecule has 2 heterocycles. The highest BCUT2D eigenvalue weighted by atomic mass is 32.1. The molecule has 0 bridgehead atoms. The molecule has 0 atom stereocenters. The Kier molecular flexibility index (Phi) is 4.62. The fourth-order valence-electron chi connectivity index (χ4n) is 2.34. The first-order chi connectivity index (χ1) is 9.39. The number of rotatable bonds is 6. The van der Waals surface area contributed by atoms with E-state index in [9.17, 15) is 5.11 Å². The molecule has 2 aromatic heterocycles. The van der Waals surface area contributed by atoms with Crippen molar-refractivity contribution in [1.82, 2.24) is 14.7 Å². The molecule has 0 fully saturated rings. The van der Waals surface area contributed by atoms with Crippen LogP contribution in [-0.2, 0) is 13.6 Å². The first kappa shape index (κ1) is 15.2. The summed E-state index contributed by atoms with van der Waals surface area (Å²) in [4.78, 5) is 3.44. The minimum absolute atomic E-state index is 0.655. The van der Waals surface area contributed by atoms with Crippen LogP contribution in [0.2, 0.25) is 0 Å². The maximum absolute atomic E-state index is 10.00. The number of aromatic nitrogens is 2. The van der Waals surface area contributed by atoms with Crippen molar-refractivity contribution in [3.63, 3.8) is 0 Å². The summed E-state index contributed by atoms with van der Waals surface area (Å²) in [7, 11) is 1.95. The third kappa shape index (κ3) is 3.91. The summed E-state index contributed by atoms with van der Waals surface area (Å²) in [6, 6.07) is 4.15. The Morgan fingerprint density at radius 1 is 1.45 bits per heavy atom. The predicted octanol–water partition coefficient (Wildman–Crippen LogP) is 2.74. The van der Waals surface area contributed by atoms with Gasteiger partial charge >= 0.3 is 0 Å². The van der Waals surface area contributed by atoms with E-state index >= 15 is 0 Å². The minimum atomic E-state index is -0.679. The molecule has 0 aliphatic carbocycles. The van der Waals surface area contributed by atoms with E-state index in [0.29, 0.717) is 6.54 Å². The Balaban J connectivity index is 2.20. The predicted molar refractivity (Wildman–Crippen MR) is 83.8 cm³/mol. The number of aryl methyl sites for hydroxylation is 1. The van der Waals surface area contributed by atoms with E-state index in [1.807, 2.05) is 31.6 Å². The maximum atomic E-state index is 10.00. The van der Waals surface area contributed by atoms with Gasteiger partial charge < -0.3 is 5.11 Å². The SMILES string of the molecule is CCN(Cc1cn(C)nc1-c1cccs1)CC(C)(C)O. The lowest BCUT2D eigenvalue weighted by Gasteiger charge is -2.27. The van der Waals surface area contributed by atoms with Crippen molar-refractivity contribution in [3.05, 3.63) is 29.3 Å². The van der Waals surface area contributed by atoms with E-state index in [4.69, 9.17) is 0 Å². The van der Waals surface area contributed by atoms with E-state index in [-0.39, 0.29) is 0 Å². The van der Waals surface area contributed by atoms with Crippen molar-refractivity contribution in [2.75, 3.05) is 13.1 Å². The maximum Gasteiger partial charge on any atom is 0.107 e. The standard InChI is InChI=1S/C15H23N3OS/c1-5-18(11-15(2,3)19)10-12-9-17(4)16-14(12)13-7-6-8-20-13/h6-9,19H,5,10-11H2,1-4H3. The Hall–Kier alpha value is -1.17. The molecule has 0 saturated carbocycles. The summed E-state index contributed by atoms with van der Waals surface area (Å²) in [5, 5.41) is 16.6. The van der Waals surface area contributed by atoms with Gasteiger partial charge in [-0.25, -0.2) is 0 Å². The third-order valence-corrected chi connectivity index (χ3v) is 3.99. The summed E-state index contributed by atoms with van der Waals surface area (Å²) >= 11 is 1.71. The van der Waals surface area contributed by atoms with Crippen molar-refractivity contribution in [1.29, 1.82) is 0 Å². The van der Waals surface area contributed by atoms with Gasteiger partial charge in [-0.1, -0.05) is 13.0 Å². The summed E-state index contributed by atoms with van der Waals surface area (Å²) in [5.74, 6) is 0. The number of nitrogens with zero attached hydrogens (tertiary/aromatic N) is 3. The molecule has 0 spiro atoms. The lowest BCUT2D eigenvalue weighted by atomic mass is 10.1. The van der Waals surface area contributed by atoms with Crippen LogP contribution in [0.3, 0.4) is 0 Å². The molecule has 0 amide bonds. The van der Waals surface area contributed by atoms with Crippen LogP contribution in [0.4, 0.5) is 0 Å². The van der Waals surface area contributed by atoms with Crippen molar-refractivity contribution < 1.29 is 5.11 Å². The zero-order valence-corrected chi connectivity index (χ0v) is 13.4. The normalized spacial score (nSPS) is 12.3. The molecule has 0 aromatic carbocycles. The van der Waals surface area contributed by atoms with E-state index in [2.05, 4.69) is 34.6 Å². The lowest BCUT2D eigenvalue weighted by molar-refractivity contribution is 0.0354. The van der Waals surface area contributed by atoms with Gasteiger partial charge in [0.1, 0.15) is 5.69 Å². The van der Waals surface area contributed by atoms with Crippen LogP contribution in [-0.4, -0.2) is 38.5 Å².